The summed E-state index contributed by atoms with van der Waals surface area (Å²) < 4.78 is 11.2. The van der Waals surface area contributed by atoms with E-state index in [0.29, 0.717) is 35.2 Å². The average Bonchev–Trinajstić information content (AvgIpc) is 2.73. The zero-order valence-electron chi connectivity index (χ0n) is 20.1. The lowest BCUT2D eigenvalue weighted by Gasteiger charge is -2.46. The highest BCUT2D eigenvalue weighted by Gasteiger charge is 2.38. The van der Waals surface area contributed by atoms with Crippen LogP contribution < -0.4 is 20.3 Å². The predicted molar refractivity (Wildman–Crippen MR) is 133 cm³/mol. The van der Waals surface area contributed by atoms with Crippen LogP contribution in [-0.4, -0.2) is 48.7 Å². The number of carbonyl (C=O) groups is 2. The SMILES string of the molecule is CC1(C)CC(NC(=O)c2ccc(Oc3cccc(N4CCOCC4=O)c3)c(Cl)c2)CC(C)(C)N1. The molecule has 2 N–H and O–H groups in total. The van der Waals surface area contributed by atoms with Gasteiger partial charge in [-0.25, -0.2) is 0 Å². The Labute approximate surface area is 205 Å². The van der Waals surface area contributed by atoms with E-state index in [1.165, 1.54) is 0 Å². The minimum atomic E-state index is -0.153. The molecule has 2 aliphatic heterocycles. The van der Waals surface area contributed by atoms with Crippen molar-refractivity contribution >= 4 is 29.1 Å². The number of hydrogen-bond acceptors (Lipinski definition) is 5. The van der Waals surface area contributed by atoms with Crippen molar-refractivity contribution in [3.63, 3.8) is 0 Å². The van der Waals surface area contributed by atoms with Gasteiger partial charge >= 0.3 is 0 Å². The summed E-state index contributed by atoms with van der Waals surface area (Å²) in [6.45, 7) is 9.68. The fourth-order valence-electron chi connectivity index (χ4n) is 5.05. The number of nitrogens with one attached hydrogen (secondary N) is 2. The molecule has 7 nitrogen and oxygen atoms in total. The van der Waals surface area contributed by atoms with Crippen molar-refractivity contribution in [2.24, 2.45) is 0 Å². The summed E-state index contributed by atoms with van der Waals surface area (Å²) in [7, 11) is 0. The topological polar surface area (TPSA) is 79.9 Å². The van der Waals surface area contributed by atoms with Gasteiger partial charge in [-0.1, -0.05) is 17.7 Å². The van der Waals surface area contributed by atoms with Gasteiger partial charge in [-0.3, -0.25) is 9.59 Å². The first-order chi connectivity index (χ1) is 16.0. The maximum atomic E-state index is 12.9. The molecule has 2 heterocycles. The van der Waals surface area contributed by atoms with Crippen LogP contribution in [0.15, 0.2) is 42.5 Å². The molecule has 0 atom stereocenters. The van der Waals surface area contributed by atoms with Crippen LogP contribution in [0, 0.1) is 0 Å². The van der Waals surface area contributed by atoms with Crippen LogP contribution in [0.2, 0.25) is 5.02 Å². The van der Waals surface area contributed by atoms with Crippen LogP contribution in [0.5, 0.6) is 11.5 Å². The highest BCUT2D eigenvalue weighted by Crippen LogP contribution is 2.33. The standard InChI is InChI=1S/C26H32ClN3O4/c1-25(2)14-18(15-26(3,4)29-25)28-24(32)17-8-9-22(21(27)12-17)34-20-7-5-6-19(13-20)30-10-11-33-16-23(30)31/h5-9,12-13,18,29H,10-11,14-16H2,1-4H3,(H,28,32). The molecule has 0 spiro atoms. The summed E-state index contributed by atoms with van der Waals surface area (Å²) in [6, 6.07) is 12.4. The third kappa shape index (κ3) is 5.90. The van der Waals surface area contributed by atoms with Crippen molar-refractivity contribution in [2.75, 3.05) is 24.7 Å². The number of nitrogens with zero attached hydrogens (tertiary/aromatic N) is 1. The monoisotopic (exact) mass is 485 g/mol. The molecule has 4 rings (SSSR count). The number of benzene rings is 2. The second-order valence-electron chi connectivity index (χ2n) is 10.3. The summed E-state index contributed by atoms with van der Waals surface area (Å²) in [5.74, 6) is 0.750. The van der Waals surface area contributed by atoms with Crippen molar-refractivity contribution < 1.29 is 19.1 Å². The van der Waals surface area contributed by atoms with Gasteiger partial charge in [0.25, 0.3) is 11.8 Å². The fraction of sp³-hybridized carbons (Fsp3) is 0.462. The van der Waals surface area contributed by atoms with E-state index in [0.717, 1.165) is 18.5 Å². The fourth-order valence-corrected chi connectivity index (χ4v) is 5.27. The molecule has 2 fully saturated rings. The van der Waals surface area contributed by atoms with Crippen LogP contribution >= 0.6 is 11.6 Å². The molecular weight excluding hydrogens is 454 g/mol. The van der Waals surface area contributed by atoms with Crippen molar-refractivity contribution in [2.45, 2.75) is 57.7 Å². The number of hydrogen-bond donors (Lipinski definition) is 2. The number of rotatable bonds is 5. The summed E-state index contributed by atoms with van der Waals surface area (Å²) in [5, 5.41) is 7.13. The first-order valence-corrected chi connectivity index (χ1v) is 11.9. The molecule has 0 bridgehead atoms. The summed E-state index contributed by atoms with van der Waals surface area (Å²) in [5.41, 5.74) is 1.11. The molecule has 8 heteroatoms. The Morgan fingerprint density at radius 1 is 1.15 bits per heavy atom. The van der Waals surface area contributed by atoms with E-state index in [1.54, 1.807) is 35.2 Å². The van der Waals surface area contributed by atoms with E-state index >= 15 is 0 Å². The minimum Gasteiger partial charge on any atom is -0.456 e. The number of halogens is 1. The number of amides is 2. The quantitative estimate of drug-likeness (QED) is 0.650. The van der Waals surface area contributed by atoms with Gasteiger partial charge in [-0.2, -0.15) is 0 Å². The molecule has 182 valence electrons. The summed E-state index contributed by atoms with van der Waals surface area (Å²) >= 11 is 6.47. The molecule has 34 heavy (non-hydrogen) atoms. The van der Waals surface area contributed by atoms with Gasteiger partial charge in [0, 0.05) is 41.0 Å². The average molecular weight is 486 g/mol. The van der Waals surface area contributed by atoms with Gasteiger partial charge in [0.2, 0.25) is 0 Å². The van der Waals surface area contributed by atoms with E-state index < -0.39 is 0 Å². The largest absolute Gasteiger partial charge is 0.456 e. The molecule has 2 saturated heterocycles. The van der Waals surface area contributed by atoms with Crippen molar-refractivity contribution in [3.05, 3.63) is 53.1 Å². The van der Waals surface area contributed by atoms with E-state index in [4.69, 9.17) is 21.1 Å². The number of ether oxygens (including phenoxy) is 2. The van der Waals surface area contributed by atoms with Gasteiger partial charge in [-0.05, 0) is 70.9 Å². The molecule has 2 aromatic rings. The number of carbonyl (C=O) groups excluding carboxylic acids is 2. The Hall–Kier alpha value is -2.61. The lowest BCUT2D eigenvalue weighted by atomic mass is 9.79. The van der Waals surface area contributed by atoms with E-state index in [1.807, 2.05) is 12.1 Å². The highest BCUT2D eigenvalue weighted by atomic mass is 35.5. The molecular formula is C26H32ClN3O4. The van der Waals surface area contributed by atoms with E-state index in [2.05, 4.69) is 38.3 Å². The molecule has 0 aromatic heterocycles. The van der Waals surface area contributed by atoms with Crippen LogP contribution in [0.25, 0.3) is 0 Å². The Bertz CT molecular complexity index is 1070. The maximum Gasteiger partial charge on any atom is 0.253 e. The van der Waals surface area contributed by atoms with E-state index in [9.17, 15) is 9.59 Å². The van der Waals surface area contributed by atoms with Crippen molar-refractivity contribution in [1.82, 2.24) is 10.6 Å². The minimum absolute atomic E-state index is 0.0601. The number of anilines is 1. The first-order valence-electron chi connectivity index (χ1n) is 11.6. The van der Waals surface area contributed by atoms with Gasteiger partial charge in [-0.15, -0.1) is 0 Å². The predicted octanol–water partition coefficient (Wildman–Crippen LogP) is 4.53. The van der Waals surface area contributed by atoms with Crippen LogP contribution in [0.1, 0.15) is 50.9 Å². The molecule has 2 aliphatic rings. The van der Waals surface area contributed by atoms with Gasteiger partial charge in [0.15, 0.2) is 0 Å². The second kappa shape index (κ2) is 9.56. The number of piperidine rings is 1. The normalized spacial score (nSPS) is 20.1. The smallest absolute Gasteiger partial charge is 0.253 e. The van der Waals surface area contributed by atoms with Crippen LogP contribution in [-0.2, 0) is 9.53 Å². The van der Waals surface area contributed by atoms with Gasteiger partial charge < -0.3 is 25.0 Å². The van der Waals surface area contributed by atoms with Crippen molar-refractivity contribution in [3.8, 4) is 11.5 Å². The lowest BCUT2D eigenvalue weighted by molar-refractivity contribution is -0.125. The lowest BCUT2D eigenvalue weighted by Crippen LogP contribution is -2.62. The molecule has 0 unspecified atom stereocenters. The molecule has 2 amide bonds. The zero-order valence-corrected chi connectivity index (χ0v) is 20.9. The Morgan fingerprint density at radius 2 is 1.88 bits per heavy atom. The maximum absolute atomic E-state index is 12.9. The zero-order chi connectivity index (χ0) is 24.5. The Balaban J connectivity index is 1.44. The van der Waals surface area contributed by atoms with E-state index in [-0.39, 0.29) is 35.5 Å². The van der Waals surface area contributed by atoms with Crippen LogP contribution in [0.3, 0.4) is 0 Å². The Morgan fingerprint density at radius 3 is 2.56 bits per heavy atom. The molecule has 0 radical (unpaired) electrons. The summed E-state index contributed by atoms with van der Waals surface area (Å²) in [6.07, 6.45) is 1.69. The van der Waals surface area contributed by atoms with Crippen molar-refractivity contribution in [1.29, 1.82) is 0 Å². The third-order valence-electron chi connectivity index (χ3n) is 6.06. The molecule has 2 aromatic carbocycles. The third-order valence-corrected chi connectivity index (χ3v) is 6.36. The van der Waals surface area contributed by atoms with Crippen LogP contribution in [0.4, 0.5) is 5.69 Å². The molecule has 0 saturated carbocycles. The summed E-state index contributed by atoms with van der Waals surface area (Å²) in [4.78, 5) is 26.7. The number of morpholine rings is 1. The van der Waals surface area contributed by atoms with Gasteiger partial charge in [0.05, 0.1) is 11.6 Å². The van der Waals surface area contributed by atoms with Gasteiger partial charge in [0.1, 0.15) is 18.1 Å². The second-order valence-corrected chi connectivity index (χ2v) is 10.7. The highest BCUT2D eigenvalue weighted by molar-refractivity contribution is 6.32. The molecule has 0 aliphatic carbocycles. The first kappa shape index (κ1) is 24.5. The Kier molecular flexibility index (Phi) is 6.90.